The Morgan fingerprint density at radius 2 is 1.73 bits per heavy atom. The van der Waals surface area contributed by atoms with E-state index in [0.717, 1.165) is 17.5 Å². The maximum Gasteiger partial charge on any atom is 0.419 e. The summed E-state index contributed by atoms with van der Waals surface area (Å²) in [4.78, 5) is 21.8. The van der Waals surface area contributed by atoms with E-state index < -0.39 is 28.5 Å². The highest BCUT2D eigenvalue weighted by molar-refractivity contribution is 7.86. The minimum Gasteiger partial charge on any atom is -0.337 e. The third-order valence-corrected chi connectivity index (χ3v) is 7.91. The van der Waals surface area contributed by atoms with Crippen LogP contribution in [0.3, 0.4) is 0 Å². The van der Waals surface area contributed by atoms with Crippen molar-refractivity contribution in [2.24, 2.45) is 0 Å². The monoisotopic (exact) mass is 570 g/mol. The number of para-hydroxylation sites is 1. The van der Waals surface area contributed by atoms with Crippen molar-refractivity contribution in [2.75, 3.05) is 30.9 Å². The van der Waals surface area contributed by atoms with Gasteiger partial charge in [-0.25, -0.2) is 8.60 Å². The third kappa shape index (κ3) is 6.31. The molecule has 0 bridgehead atoms. The summed E-state index contributed by atoms with van der Waals surface area (Å²) in [6.07, 6.45) is -2.40. The van der Waals surface area contributed by atoms with Crippen molar-refractivity contribution in [1.29, 1.82) is 0 Å². The van der Waals surface area contributed by atoms with Crippen molar-refractivity contribution in [3.63, 3.8) is 0 Å². The largest absolute Gasteiger partial charge is 0.419 e. The first-order chi connectivity index (χ1) is 19.2. The Labute approximate surface area is 231 Å². The number of rotatable bonds is 6. The molecule has 0 spiro atoms. The van der Waals surface area contributed by atoms with Crippen LogP contribution in [0.4, 0.5) is 23.2 Å². The van der Waals surface area contributed by atoms with E-state index in [0.29, 0.717) is 66.4 Å². The number of nitrogens with one attached hydrogen (secondary N) is 1. The van der Waals surface area contributed by atoms with Gasteiger partial charge in [0.25, 0.3) is 5.91 Å². The highest BCUT2D eigenvalue weighted by Gasteiger charge is 2.34. The molecule has 0 aliphatic carbocycles. The number of aromatic nitrogens is 1. The van der Waals surface area contributed by atoms with E-state index in [-0.39, 0.29) is 5.91 Å². The minimum absolute atomic E-state index is 0.145. The molecule has 1 saturated heterocycles. The Balaban J connectivity index is 1.18. The standard InChI is InChI=1S/C29H26F4N4O2S/c30-25-18-20(7-12-24(25)29(31,32)33)19-36-14-3-15-37(17-16-36)28(38)22-8-10-23(11-9-22)35-40(39)26-6-1-4-21-5-2-13-34-27(21)26/h1-2,4-13,18,35H,3,14-17,19H2. The molecule has 1 atom stereocenters. The topological polar surface area (TPSA) is 65.5 Å². The fourth-order valence-electron chi connectivity index (χ4n) is 4.73. The summed E-state index contributed by atoms with van der Waals surface area (Å²) in [7, 11) is -1.55. The van der Waals surface area contributed by atoms with Crippen molar-refractivity contribution in [3.8, 4) is 0 Å². The number of nitrogens with zero attached hydrogens (tertiary/aromatic N) is 3. The van der Waals surface area contributed by atoms with Crippen LogP contribution in [0.2, 0.25) is 0 Å². The van der Waals surface area contributed by atoms with Crippen molar-refractivity contribution < 1.29 is 26.6 Å². The second-order valence-corrected chi connectivity index (χ2v) is 10.7. The summed E-state index contributed by atoms with van der Waals surface area (Å²) < 4.78 is 68.4. The van der Waals surface area contributed by atoms with Gasteiger partial charge < -0.3 is 9.62 Å². The van der Waals surface area contributed by atoms with Crippen molar-refractivity contribution in [2.45, 2.75) is 24.0 Å². The number of halogens is 4. The number of alkyl halides is 3. The number of amides is 1. The van der Waals surface area contributed by atoms with Crippen LogP contribution in [0, 0.1) is 5.82 Å². The molecule has 1 aromatic heterocycles. The van der Waals surface area contributed by atoms with Crippen LogP contribution in [0.1, 0.15) is 27.9 Å². The number of pyridine rings is 1. The molecule has 11 heteroatoms. The van der Waals surface area contributed by atoms with Gasteiger partial charge in [-0.1, -0.05) is 24.3 Å². The fourth-order valence-corrected chi connectivity index (χ4v) is 5.74. The van der Waals surface area contributed by atoms with Crippen LogP contribution in [0.15, 0.2) is 83.9 Å². The normalized spacial score (nSPS) is 15.6. The van der Waals surface area contributed by atoms with E-state index in [1.165, 1.54) is 6.07 Å². The molecule has 3 aromatic carbocycles. The van der Waals surface area contributed by atoms with Crippen LogP contribution < -0.4 is 4.72 Å². The molecular weight excluding hydrogens is 544 g/mol. The predicted molar refractivity (Wildman–Crippen MR) is 145 cm³/mol. The number of hydrogen-bond donors (Lipinski definition) is 1. The van der Waals surface area contributed by atoms with Crippen LogP contribution in [0.5, 0.6) is 0 Å². The summed E-state index contributed by atoms with van der Waals surface area (Å²) in [5, 5.41) is 0.888. The Hall–Kier alpha value is -3.83. The lowest BCUT2D eigenvalue weighted by Crippen LogP contribution is -2.35. The molecule has 6 nitrogen and oxygen atoms in total. The molecule has 0 saturated carbocycles. The smallest absolute Gasteiger partial charge is 0.337 e. The Bertz CT molecular complexity index is 1540. The summed E-state index contributed by atoms with van der Waals surface area (Å²) in [5.41, 5.74) is 0.906. The summed E-state index contributed by atoms with van der Waals surface area (Å²) in [5.74, 6) is -1.43. The van der Waals surface area contributed by atoms with E-state index in [1.807, 2.05) is 29.2 Å². The molecule has 40 heavy (non-hydrogen) atoms. The second-order valence-electron chi connectivity index (χ2n) is 9.51. The zero-order valence-electron chi connectivity index (χ0n) is 21.3. The molecule has 1 fully saturated rings. The van der Waals surface area contributed by atoms with Gasteiger partial charge in [0.15, 0.2) is 11.0 Å². The van der Waals surface area contributed by atoms with Gasteiger partial charge in [-0.05, 0) is 60.5 Å². The van der Waals surface area contributed by atoms with Gasteiger partial charge >= 0.3 is 6.18 Å². The first kappa shape index (κ1) is 27.7. The lowest BCUT2D eigenvalue weighted by atomic mass is 10.1. The van der Waals surface area contributed by atoms with E-state index in [9.17, 15) is 26.6 Å². The maximum absolute atomic E-state index is 14.0. The number of fused-ring (bicyclic) bond motifs is 1. The van der Waals surface area contributed by atoms with Gasteiger partial charge in [-0.3, -0.25) is 14.7 Å². The Kier molecular flexibility index (Phi) is 8.13. The zero-order chi connectivity index (χ0) is 28.3. The molecule has 208 valence electrons. The van der Waals surface area contributed by atoms with Gasteiger partial charge in [-0.2, -0.15) is 13.2 Å². The van der Waals surface area contributed by atoms with E-state index in [2.05, 4.69) is 9.71 Å². The number of carbonyl (C=O) groups is 1. The quantitative estimate of drug-likeness (QED) is 0.295. The van der Waals surface area contributed by atoms with Gasteiger partial charge in [0.05, 0.1) is 16.0 Å². The summed E-state index contributed by atoms with van der Waals surface area (Å²) in [6.45, 7) is 2.38. The van der Waals surface area contributed by atoms with Gasteiger partial charge in [0, 0.05) is 55.6 Å². The Morgan fingerprint density at radius 3 is 2.48 bits per heavy atom. The number of anilines is 1. The molecule has 1 aliphatic rings. The molecule has 1 unspecified atom stereocenters. The average molecular weight is 571 g/mol. The molecular formula is C29H26F4N4O2S. The first-order valence-electron chi connectivity index (χ1n) is 12.7. The van der Waals surface area contributed by atoms with Crippen molar-refractivity contribution in [1.82, 2.24) is 14.8 Å². The fraction of sp³-hybridized carbons (Fsp3) is 0.241. The molecule has 1 aliphatic heterocycles. The van der Waals surface area contributed by atoms with Crippen LogP contribution >= 0.6 is 0 Å². The summed E-state index contributed by atoms with van der Waals surface area (Å²) >= 11 is 0. The lowest BCUT2D eigenvalue weighted by molar-refractivity contribution is -0.140. The SMILES string of the molecule is O=C(c1ccc(NS(=O)c2cccc3cccnc23)cc1)N1CCCN(Cc2ccc(C(F)(F)F)c(F)c2)CC1. The average Bonchev–Trinajstić information content (AvgIpc) is 3.17. The third-order valence-electron chi connectivity index (χ3n) is 6.76. The molecule has 5 rings (SSSR count). The highest BCUT2D eigenvalue weighted by Crippen LogP contribution is 2.32. The van der Waals surface area contributed by atoms with Crippen LogP contribution in [0.25, 0.3) is 10.9 Å². The molecule has 0 radical (unpaired) electrons. The zero-order valence-corrected chi connectivity index (χ0v) is 22.1. The predicted octanol–water partition coefficient (Wildman–Crippen LogP) is 5.88. The van der Waals surface area contributed by atoms with Crippen LogP contribution in [-0.4, -0.2) is 51.1 Å². The van der Waals surface area contributed by atoms with E-state index in [1.54, 1.807) is 41.4 Å². The summed E-state index contributed by atoms with van der Waals surface area (Å²) in [6, 6.07) is 19.0. The van der Waals surface area contributed by atoms with E-state index in [4.69, 9.17) is 0 Å². The maximum atomic E-state index is 14.0. The van der Waals surface area contributed by atoms with Gasteiger partial charge in [0.1, 0.15) is 5.82 Å². The highest BCUT2D eigenvalue weighted by atomic mass is 32.2. The van der Waals surface area contributed by atoms with Crippen molar-refractivity contribution >= 4 is 33.5 Å². The molecule has 4 aromatic rings. The van der Waals surface area contributed by atoms with Crippen molar-refractivity contribution in [3.05, 3.63) is 102 Å². The van der Waals surface area contributed by atoms with Crippen LogP contribution in [-0.2, 0) is 23.7 Å². The second kappa shape index (κ2) is 11.7. The minimum atomic E-state index is -4.73. The Morgan fingerprint density at radius 1 is 0.950 bits per heavy atom. The molecule has 2 heterocycles. The van der Waals surface area contributed by atoms with E-state index >= 15 is 0 Å². The lowest BCUT2D eigenvalue weighted by Gasteiger charge is -2.22. The molecule has 1 N–H and O–H groups in total. The number of benzene rings is 3. The number of carbonyl (C=O) groups excluding carboxylic acids is 1. The van der Waals surface area contributed by atoms with Gasteiger partial charge in [0.2, 0.25) is 0 Å². The number of hydrogen-bond acceptors (Lipinski definition) is 4. The molecule has 1 amide bonds. The first-order valence-corrected chi connectivity index (χ1v) is 13.8. The van der Waals surface area contributed by atoms with Gasteiger partial charge in [-0.15, -0.1) is 0 Å².